The van der Waals surface area contributed by atoms with Gasteiger partial charge in [0.1, 0.15) is 6.61 Å². The van der Waals surface area contributed by atoms with Crippen molar-refractivity contribution in [2.75, 3.05) is 6.61 Å². The molecule has 2 rings (SSSR count). The molecule has 24 heavy (non-hydrogen) atoms. The summed E-state index contributed by atoms with van der Waals surface area (Å²) >= 11 is 11.8. The van der Waals surface area contributed by atoms with Gasteiger partial charge in [0, 0.05) is 12.1 Å². The highest BCUT2D eigenvalue weighted by molar-refractivity contribution is 6.42. The fourth-order valence-electron chi connectivity index (χ4n) is 1.79. The first-order valence-electron chi connectivity index (χ1n) is 7.02. The Hall–Kier alpha value is -2.31. The van der Waals surface area contributed by atoms with Gasteiger partial charge in [0.2, 0.25) is 0 Å². The summed E-state index contributed by atoms with van der Waals surface area (Å²) in [6.45, 7) is 2.23. The van der Waals surface area contributed by atoms with E-state index in [9.17, 15) is 10.1 Å². The first kappa shape index (κ1) is 18.0. The Bertz CT molecular complexity index is 765. The molecule has 8 heteroatoms. The summed E-state index contributed by atoms with van der Waals surface area (Å²) in [6, 6.07) is 11.0. The molecule has 0 spiro atoms. The van der Waals surface area contributed by atoms with Crippen LogP contribution >= 0.6 is 23.2 Å². The summed E-state index contributed by atoms with van der Waals surface area (Å²) in [5.74, 6) is 0. The first-order chi connectivity index (χ1) is 11.5. The van der Waals surface area contributed by atoms with E-state index in [1.807, 2.05) is 0 Å². The van der Waals surface area contributed by atoms with Gasteiger partial charge in [-0.15, -0.1) is 0 Å². The van der Waals surface area contributed by atoms with Crippen LogP contribution in [0.25, 0.3) is 0 Å². The van der Waals surface area contributed by atoms with E-state index in [0.717, 1.165) is 0 Å². The maximum absolute atomic E-state index is 10.8. The molecule has 0 saturated heterocycles. The van der Waals surface area contributed by atoms with Crippen molar-refractivity contribution >= 4 is 40.7 Å². The lowest BCUT2D eigenvalue weighted by molar-refractivity contribution is -0.384. The molecule has 0 fully saturated rings. The molecule has 0 atom stereocenters. The number of nitro groups is 1. The van der Waals surface area contributed by atoms with E-state index < -0.39 is 4.92 Å². The third-order valence-corrected chi connectivity index (χ3v) is 3.61. The van der Waals surface area contributed by atoms with E-state index in [-0.39, 0.29) is 18.4 Å². The summed E-state index contributed by atoms with van der Waals surface area (Å²) in [7, 11) is 0. The van der Waals surface area contributed by atoms with Gasteiger partial charge in [0.25, 0.3) is 5.69 Å². The molecule has 2 aromatic rings. The Morgan fingerprint density at radius 3 is 2.62 bits per heavy atom. The molecule has 0 bridgehead atoms. The Kier molecular flexibility index (Phi) is 6.40. The van der Waals surface area contributed by atoms with Gasteiger partial charge in [0.05, 0.1) is 27.3 Å². The van der Waals surface area contributed by atoms with Crippen molar-refractivity contribution < 1.29 is 14.4 Å². The molecule has 0 aliphatic heterocycles. The van der Waals surface area contributed by atoms with E-state index in [2.05, 4.69) is 4.99 Å². The molecule has 0 heterocycles. The molecule has 0 aliphatic rings. The van der Waals surface area contributed by atoms with Gasteiger partial charge in [-0.25, -0.2) is 0 Å². The Morgan fingerprint density at radius 2 is 1.96 bits per heavy atom. The lowest BCUT2D eigenvalue weighted by Crippen LogP contribution is -2.09. The number of rotatable bonds is 5. The molecule has 2 aromatic carbocycles. The second-order valence-electron chi connectivity index (χ2n) is 4.62. The van der Waals surface area contributed by atoms with E-state index in [4.69, 9.17) is 32.7 Å². The molecule has 126 valence electrons. The van der Waals surface area contributed by atoms with Crippen LogP contribution in [-0.2, 0) is 16.1 Å². The second-order valence-corrected chi connectivity index (χ2v) is 5.44. The molecule has 0 amide bonds. The van der Waals surface area contributed by atoms with Gasteiger partial charge in [-0.1, -0.05) is 35.3 Å². The van der Waals surface area contributed by atoms with Gasteiger partial charge >= 0.3 is 6.08 Å². The van der Waals surface area contributed by atoms with Crippen LogP contribution in [-0.4, -0.2) is 17.6 Å². The number of aliphatic imine (C=N–C) groups is 1. The molecule has 0 aromatic heterocycles. The Balaban J connectivity index is 2.13. The maximum atomic E-state index is 10.8. The first-order valence-corrected chi connectivity index (χ1v) is 7.78. The number of non-ortho nitro benzene ring substituents is 1. The van der Waals surface area contributed by atoms with Gasteiger partial charge in [-0.05, 0) is 30.7 Å². The number of nitro benzene ring substituents is 1. The fraction of sp³-hybridized carbons (Fsp3) is 0.188. The smallest absolute Gasteiger partial charge is 0.389 e. The average molecular weight is 369 g/mol. The van der Waals surface area contributed by atoms with Gasteiger partial charge in [0.15, 0.2) is 0 Å². The standard InChI is InChI=1S/C16H14Cl2N2O4/c1-2-23-16(19-12-6-7-14(17)15(18)9-12)24-10-11-4-3-5-13(8-11)20(21)22/h3-9H,2,10H2,1H3. The van der Waals surface area contributed by atoms with E-state index in [0.29, 0.717) is 27.9 Å². The zero-order valence-corrected chi connectivity index (χ0v) is 14.3. The molecule has 0 aliphatic carbocycles. The number of hydrogen-bond donors (Lipinski definition) is 0. The zero-order chi connectivity index (χ0) is 17.5. The molecule has 0 radical (unpaired) electrons. The van der Waals surface area contributed by atoms with E-state index in [1.54, 1.807) is 37.3 Å². The fourth-order valence-corrected chi connectivity index (χ4v) is 2.09. The highest BCUT2D eigenvalue weighted by Crippen LogP contribution is 2.26. The van der Waals surface area contributed by atoms with Crippen LogP contribution in [0.3, 0.4) is 0 Å². The average Bonchev–Trinajstić information content (AvgIpc) is 2.56. The monoisotopic (exact) mass is 368 g/mol. The highest BCUT2D eigenvalue weighted by Gasteiger charge is 2.08. The number of ether oxygens (including phenoxy) is 2. The zero-order valence-electron chi connectivity index (χ0n) is 12.7. The lowest BCUT2D eigenvalue weighted by atomic mass is 10.2. The summed E-state index contributed by atoms with van der Waals surface area (Å²) in [5.41, 5.74) is 1.15. The van der Waals surface area contributed by atoms with E-state index in [1.165, 1.54) is 12.1 Å². The van der Waals surface area contributed by atoms with Crippen LogP contribution in [0.15, 0.2) is 47.5 Å². The summed E-state index contributed by atoms with van der Waals surface area (Å²) < 4.78 is 10.8. The predicted molar refractivity (Wildman–Crippen MR) is 93.1 cm³/mol. The largest absolute Gasteiger partial charge is 0.451 e. The quantitative estimate of drug-likeness (QED) is 0.316. The summed E-state index contributed by atoms with van der Waals surface area (Å²) in [6.07, 6.45) is 0.0439. The van der Waals surface area contributed by atoms with Crippen LogP contribution in [0, 0.1) is 10.1 Å². The predicted octanol–water partition coefficient (Wildman–Crippen LogP) is 5.14. The van der Waals surface area contributed by atoms with Crippen LogP contribution in [0.1, 0.15) is 12.5 Å². The van der Waals surface area contributed by atoms with Crippen molar-refractivity contribution in [1.29, 1.82) is 0 Å². The van der Waals surface area contributed by atoms with Crippen molar-refractivity contribution in [2.45, 2.75) is 13.5 Å². The van der Waals surface area contributed by atoms with Gasteiger partial charge in [-0.2, -0.15) is 4.99 Å². The number of nitrogens with zero attached hydrogens (tertiary/aromatic N) is 2. The van der Waals surface area contributed by atoms with Gasteiger partial charge in [-0.3, -0.25) is 10.1 Å². The summed E-state index contributed by atoms with van der Waals surface area (Å²) in [4.78, 5) is 14.5. The van der Waals surface area contributed by atoms with Crippen molar-refractivity contribution in [3.8, 4) is 0 Å². The van der Waals surface area contributed by atoms with Crippen molar-refractivity contribution in [2.24, 2.45) is 4.99 Å². The molecule has 6 nitrogen and oxygen atoms in total. The third-order valence-electron chi connectivity index (χ3n) is 2.88. The second kappa shape index (κ2) is 8.52. The summed E-state index contributed by atoms with van der Waals surface area (Å²) in [5, 5.41) is 11.6. The normalized spacial score (nSPS) is 11.2. The van der Waals surface area contributed by atoms with E-state index >= 15 is 0 Å². The topological polar surface area (TPSA) is 74.0 Å². The lowest BCUT2D eigenvalue weighted by Gasteiger charge is -2.09. The van der Waals surface area contributed by atoms with Gasteiger partial charge < -0.3 is 9.47 Å². The third kappa shape index (κ3) is 5.11. The molecule has 0 saturated carbocycles. The van der Waals surface area contributed by atoms with Crippen molar-refractivity contribution in [3.05, 3.63) is 68.2 Å². The SMILES string of the molecule is CCOC(=Nc1ccc(Cl)c(Cl)c1)OCc1cccc([N+](=O)[O-])c1. The van der Waals surface area contributed by atoms with Crippen LogP contribution in [0.4, 0.5) is 11.4 Å². The molecular formula is C16H14Cl2N2O4. The highest BCUT2D eigenvalue weighted by atomic mass is 35.5. The minimum atomic E-state index is -0.462. The minimum absolute atomic E-state index is 0.00418. The molecule has 0 N–H and O–H groups in total. The number of benzene rings is 2. The number of hydrogen-bond acceptors (Lipinski definition) is 5. The molecular weight excluding hydrogens is 355 g/mol. The van der Waals surface area contributed by atoms with Crippen LogP contribution in [0.2, 0.25) is 10.0 Å². The number of halogens is 2. The van der Waals surface area contributed by atoms with Crippen molar-refractivity contribution in [1.82, 2.24) is 0 Å². The maximum Gasteiger partial charge on any atom is 0.389 e. The Morgan fingerprint density at radius 1 is 1.17 bits per heavy atom. The van der Waals surface area contributed by atoms with Crippen LogP contribution < -0.4 is 0 Å². The Labute approximate surface area is 148 Å². The van der Waals surface area contributed by atoms with Crippen molar-refractivity contribution in [3.63, 3.8) is 0 Å². The molecule has 0 unspecified atom stereocenters. The van der Waals surface area contributed by atoms with Crippen LogP contribution in [0.5, 0.6) is 0 Å². The minimum Gasteiger partial charge on any atom is -0.451 e.